The minimum atomic E-state index is -1.22. The lowest BCUT2D eigenvalue weighted by Crippen LogP contribution is -2.06. The van der Waals surface area contributed by atoms with Gasteiger partial charge in [-0.25, -0.2) is 18.6 Å². The zero-order chi connectivity index (χ0) is 15.9. The fourth-order valence-electron chi connectivity index (χ4n) is 2.04. The zero-order valence-corrected chi connectivity index (χ0v) is 10.7. The van der Waals surface area contributed by atoms with E-state index < -0.39 is 33.8 Å². The molecule has 0 aliphatic heterocycles. The molecule has 6 nitrogen and oxygen atoms in total. The van der Waals surface area contributed by atoms with E-state index in [4.69, 9.17) is 4.42 Å². The summed E-state index contributed by atoms with van der Waals surface area (Å²) in [6, 6.07) is 7.13. The second kappa shape index (κ2) is 4.99. The first-order chi connectivity index (χ1) is 10.5. The van der Waals surface area contributed by atoms with E-state index in [0.29, 0.717) is 0 Å². The third-order valence-electron chi connectivity index (χ3n) is 3.01. The lowest BCUT2D eigenvalue weighted by atomic mass is 10.2. The number of rotatable bonds is 2. The van der Waals surface area contributed by atoms with Gasteiger partial charge in [0.2, 0.25) is 5.89 Å². The van der Waals surface area contributed by atoms with E-state index in [9.17, 15) is 23.7 Å². The largest absolute Gasteiger partial charge is 0.403 e. The SMILES string of the molecule is O=c1oc(-c2cccc(F)c2F)nc2cccc([N+](=O)[O-])c12. The molecule has 1 heterocycles. The van der Waals surface area contributed by atoms with Crippen molar-refractivity contribution >= 4 is 16.6 Å². The minimum absolute atomic E-state index is 0.0379. The highest BCUT2D eigenvalue weighted by Gasteiger charge is 2.20. The molecule has 0 spiro atoms. The number of nitro groups is 1. The van der Waals surface area contributed by atoms with Crippen LogP contribution in [0.25, 0.3) is 22.4 Å². The average Bonchev–Trinajstić information content (AvgIpc) is 2.49. The van der Waals surface area contributed by atoms with Gasteiger partial charge in [-0.2, -0.15) is 0 Å². The normalized spacial score (nSPS) is 10.8. The minimum Gasteiger partial charge on any atom is -0.403 e. The van der Waals surface area contributed by atoms with Gasteiger partial charge in [0.05, 0.1) is 16.0 Å². The van der Waals surface area contributed by atoms with Crippen LogP contribution in [0.4, 0.5) is 14.5 Å². The van der Waals surface area contributed by atoms with Crippen molar-refractivity contribution in [2.24, 2.45) is 0 Å². The van der Waals surface area contributed by atoms with Gasteiger partial charge in [0.1, 0.15) is 0 Å². The van der Waals surface area contributed by atoms with Crippen LogP contribution in [0.1, 0.15) is 0 Å². The molecule has 0 amide bonds. The molecule has 8 heteroatoms. The summed E-state index contributed by atoms with van der Waals surface area (Å²) in [5.41, 5.74) is -1.89. The summed E-state index contributed by atoms with van der Waals surface area (Å²) >= 11 is 0. The van der Waals surface area contributed by atoms with Crippen molar-refractivity contribution in [3.05, 3.63) is 68.6 Å². The Labute approximate surface area is 120 Å². The third-order valence-corrected chi connectivity index (χ3v) is 3.01. The maximum absolute atomic E-state index is 13.7. The van der Waals surface area contributed by atoms with Gasteiger partial charge in [-0.1, -0.05) is 12.1 Å². The lowest BCUT2D eigenvalue weighted by molar-refractivity contribution is -0.383. The van der Waals surface area contributed by atoms with Crippen LogP contribution in [0.3, 0.4) is 0 Å². The number of halogens is 2. The van der Waals surface area contributed by atoms with E-state index in [1.165, 1.54) is 24.3 Å². The van der Waals surface area contributed by atoms with Crippen molar-refractivity contribution in [1.29, 1.82) is 0 Å². The van der Waals surface area contributed by atoms with E-state index >= 15 is 0 Å². The Morgan fingerprint density at radius 3 is 2.59 bits per heavy atom. The van der Waals surface area contributed by atoms with Gasteiger partial charge in [0, 0.05) is 6.07 Å². The first-order valence-corrected chi connectivity index (χ1v) is 6.01. The molecule has 3 rings (SSSR count). The predicted octanol–water partition coefficient (Wildman–Crippen LogP) is 3.04. The highest BCUT2D eigenvalue weighted by atomic mass is 19.2. The first-order valence-electron chi connectivity index (χ1n) is 6.01. The van der Waals surface area contributed by atoms with Crippen molar-refractivity contribution in [3.8, 4) is 11.5 Å². The second-order valence-electron chi connectivity index (χ2n) is 4.34. The summed E-state index contributed by atoms with van der Waals surface area (Å²) in [7, 11) is 0. The van der Waals surface area contributed by atoms with Crippen LogP contribution in [0, 0.1) is 21.7 Å². The fourth-order valence-corrected chi connectivity index (χ4v) is 2.04. The van der Waals surface area contributed by atoms with Crippen LogP contribution in [-0.4, -0.2) is 9.91 Å². The van der Waals surface area contributed by atoms with Crippen molar-refractivity contribution in [2.75, 3.05) is 0 Å². The van der Waals surface area contributed by atoms with E-state index in [1.807, 2.05) is 0 Å². The summed E-state index contributed by atoms with van der Waals surface area (Å²) in [4.78, 5) is 26.0. The lowest BCUT2D eigenvalue weighted by Gasteiger charge is -2.03. The van der Waals surface area contributed by atoms with E-state index in [0.717, 1.165) is 12.1 Å². The Hall–Kier alpha value is -3.16. The smallest absolute Gasteiger partial charge is 0.354 e. The van der Waals surface area contributed by atoms with Gasteiger partial charge in [0.15, 0.2) is 17.0 Å². The number of hydrogen-bond donors (Lipinski definition) is 0. The number of aromatic nitrogens is 1. The molecule has 1 aromatic heterocycles. The molecule has 0 saturated carbocycles. The summed E-state index contributed by atoms with van der Waals surface area (Å²) < 4.78 is 31.8. The van der Waals surface area contributed by atoms with Crippen molar-refractivity contribution in [3.63, 3.8) is 0 Å². The standard InChI is InChI=1S/C14H6F2N2O4/c15-8-4-1-3-7(12(8)16)13-17-9-5-2-6-10(18(20)21)11(9)14(19)22-13/h1-6H. The summed E-state index contributed by atoms with van der Waals surface area (Å²) in [5, 5.41) is 10.6. The Balaban J connectivity index is 2.34. The number of non-ortho nitro benzene ring substituents is 1. The topological polar surface area (TPSA) is 86.2 Å². The molecule has 0 unspecified atom stereocenters. The molecule has 0 aliphatic carbocycles. The quantitative estimate of drug-likeness (QED) is 0.536. The number of nitro benzene ring substituents is 1. The number of benzene rings is 2. The highest BCUT2D eigenvalue weighted by molar-refractivity contribution is 5.87. The molecule has 0 saturated heterocycles. The third kappa shape index (κ3) is 2.10. The molecule has 0 fully saturated rings. The fraction of sp³-hybridized carbons (Fsp3) is 0. The van der Waals surface area contributed by atoms with E-state index in [2.05, 4.69) is 4.98 Å². The summed E-state index contributed by atoms with van der Waals surface area (Å²) in [6.07, 6.45) is 0. The Bertz CT molecular complexity index is 969. The number of fused-ring (bicyclic) bond motifs is 1. The van der Waals surface area contributed by atoms with Crippen molar-refractivity contribution in [1.82, 2.24) is 4.98 Å². The van der Waals surface area contributed by atoms with Gasteiger partial charge in [-0.3, -0.25) is 10.1 Å². The molecule has 0 bridgehead atoms. The summed E-state index contributed by atoms with van der Waals surface area (Å²) in [5.74, 6) is -2.79. The maximum Gasteiger partial charge on any atom is 0.354 e. The maximum atomic E-state index is 13.7. The molecule has 0 radical (unpaired) electrons. The molecular weight excluding hydrogens is 298 g/mol. The van der Waals surface area contributed by atoms with E-state index in [-0.39, 0.29) is 16.5 Å². The van der Waals surface area contributed by atoms with E-state index in [1.54, 1.807) is 0 Å². The zero-order valence-electron chi connectivity index (χ0n) is 10.7. The van der Waals surface area contributed by atoms with Crippen LogP contribution in [0.5, 0.6) is 0 Å². The Morgan fingerprint density at radius 1 is 1.14 bits per heavy atom. The van der Waals surface area contributed by atoms with Crippen LogP contribution < -0.4 is 5.63 Å². The monoisotopic (exact) mass is 304 g/mol. The Kier molecular flexibility index (Phi) is 3.13. The highest BCUT2D eigenvalue weighted by Crippen LogP contribution is 2.26. The Morgan fingerprint density at radius 2 is 1.86 bits per heavy atom. The molecule has 0 aliphatic rings. The first kappa shape index (κ1) is 13.8. The van der Waals surface area contributed by atoms with Crippen molar-refractivity contribution in [2.45, 2.75) is 0 Å². The predicted molar refractivity (Wildman–Crippen MR) is 72.3 cm³/mol. The molecule has 0 N–H and O–H groups in total. The molecule has 2 aromatic carbocycles. The van der Waals surface area contributed by atoms with Gasteiger partial charge in [0.25, 0.3) is 5.69 Å². The molecule has 110 valence electrons. The second-order valence-corrected chi connectivity index (χ2v) is 4.34. The molecule has 22 heavy (non-hydrogen) atoms. The molecule has 0 atom stereocenters. The van der Waals surface area contributed by atoms with Gasteiger partial charge >= 0.3 is 5.63 Å². The number of nitrogens with zero attached hydrogens (tertiary/aromatic N) is 2. The van der Waals surface area contributed by atoms with Crippen molar-refractivity contribution < 1.29 is 18.1 Å². The van der Waals surface area contributed by atoms with Crippen LogP contribution in [0.15, 0.2) is 45.6 Å². The van der Waals surface area contributed by atoms with Gasteiger partial charge in [-0.05, 0) is 18.2 Å². The average molecular weight is 304 g/mol. The van der Waals surface area contributed by atoms with Gasteiger partial charge in [-0.15, -0.1) is 0 Å². The van der Waals surface area contributed by atoms with Crippen LogP contribution in [-0.2, 0) is 0 Å². The molecule has 3 aromatic rings. The summed E-state index contributed by atoms with van der Waals surface area (Å²) in [6.45, 7) is 0. The number of hydrogen-bond acceptors (Lipinski definition) is 5. The van der Waals surface area contributed by atoms with Gasteiger partial charge < -0.3 is 4.42 Å². The van der Waals surface area contributed by atoms with Crippen LogP contribution in [0.2, 0.25) is 0 Å². The van der Waals surface area contributed by atoms with Crippen LogP contribution >= 0.6 is 0 Å². The molecular formula is C14H6F2N2O4.